The van der Waals surface area contributed by atoms with Gasteiger partial charge in [0.2, 0.25) is 0 Å². The molecule has 0 saturated heterocycles. The van der Waals surface area contributed by atoms with E-state index in [2.05, 4.69) is 0 Å². The summed E-state index contributed by atoms with van der Waals surface area (Å²) in [6.07, 6.45) is 2.64. The molecule has 0 N–H and O–H groups in total. The summed E-state index contributed by atoms with van der Waals surface area (Å²) < 4.78 is 30.9. The van der Waals surface area contributed by atoms with Crippen LogP contribution in [-0.2, 0) is 0 Å². The lowest BCUT2D eigenvalue weighted by atomic mass is 10.2. The van der Waals surface area contributed by atoms with E-state index in [1.54, 1.807) is 0 Å². The maximum atomic E-state index is 13.0. The molecule has 0 unspecified atom stereocenters. The van der Waals surface area contributed by atoms with E-state index in [4.69, 9.17) is 16.3 Å². The highest BCUT2D eigenvalue weighted by atomic mass is 35.5. The Balaban J connectivity index is 2.33. The van der Waals surface area contributed by atoms with Gasteiger partial charge in [-0.3, -0.25) is 0 Å². The molecule has 1 nitrogen and oxygen atoms in total. The van der Waals surface area contributed by atoms with Crippen LogP contribution < -0.4 is 4.74 Å². The summed E-state index contributed by atoms with van der Waals surface area (Å²) in [4.78, 5) is 0. The van der Waals surface area contributed by atoms with Crippen molar-refractivity contribution < 1.29 is 13.5 Å². The van der Waals surface area contributed by atoms with Gasteiger partial charge >= 0.3 is 0 Å². The van der Waals surface area contributed by atoms with Crippen LogP contribution in [0.5, 0.6) is 5.75 Å². The van der Waals surface area contributed by atoms with Crippen molar-refractivity contribution in [3.05, 3.63) is 29.8 Å². The van der Waals surface area contributed by atoms with E-state index in [0.717, 1.165) is 37.5 Å². The lowest BCUT2D eigenvalue weighted by Gasteiger charge is -2.06. The van der Waals surface area contributed by atoms with E-state index in [1.807, 2.05) is 0 Å². The molecule has 4 heteroatoms. The van der Waals surface area contributed by atoms with Crippen LogP contribution in [0.15, 0.2) is 18.2 Å². The molecule has 0 saturated carbocycles. The van der Waals surface area contributed by atoms with Crippen molar-refractivity contribution in [2.75, 3.05) is 12.5 Å². The Morgan fingerprint density at radius 2 is 1.93 bits per heavy atom. The number of rotatable bonds is 6. The highest BCUT2D eigenvalue weighted by molar-refractivity contribution is 6.17. The molecule has 0 aliphatic carbocycles. The Morgan fingerprint density at radius 3 is 2.67 bits per heavy atom. The highest BCUT2D eigenvalue weighted by Crippen LogP contribution is 2.18. The molecule has 0 bridgehead atoms. The fourth-order valence-corrected chi connectivity index (χ4v) is 1.33. The summed E-state index contributed by atoms with van der Waals surface area (Å²) >= 11 is 5.49. The number of hydrogen-bond donors (Lipinski definition) is 0. The number of halogens is 3. The quantitative estimate of drug-likeness (QED) is 0.538. The Hall–Kier alpha value is -0.830. The van der Waals surface area contributed by atoms with Crippen LogP contribution >= 0.6 is 11.6 Å². The van der Waals surface area contributed by atoms with E-state index >= 15 is 0 Å². The Labute approximate surface area is 93.0 Å². The molecule has 1 aromatic carbocycles. The number of alkyl halides is 1. The van der Waals surface area contributed by atoms with Gasteiger partial charge in [-0.1, -0.05) is 0 Å². The minimum atomic E-state index is -0.534. The summed E-state index contributed by atoms with van der Waals surface area (Å²) in [5, 5.41) is 0. The number of hydrogen-bond acceptors (Lipinski definition) is 1. The topological polar surface area (TPSA) is 9.23 Å². The maximum absolute atomic E-state index is 13.0. The number of ether oxygens (including phenoxy) is 1. The van der Waals surface area contributed by atoms with Crippen molar-refractivity contribution in [1.82, 2.24) is 0 Å². The third-order valence-corrected chi connectivity index (χ3v) is 2.20. The Bertz CT molecular complexity index is 305. The Morgan fingerprint density at radius 1 is 1.13 bits per heavy atom. The molecule has 0 heterocycles. The monoisotopic (exact) mass is 234 g/mol. The highest BCUT2D eigenvalue weighted by Gasteiger charge is 2.04. The standard InChI is InChI=1S/C11H13ClF2O/c12-6-2-1-3-7-15-11-8-9(13)4-5-10(11)14/h4-5,8H,1-3,6-7H2. The lowest BCUT2D eigenvalue weighted by molar-refractivity contribution is 0.290. The summed E-state index contributed by atoms with van der Waals surface area (Å²) in [6.45, 7) is 0.386. The third kappa shape index (κ3) is 4.47. The van der Waals surface area contributed by atoms with Gasteiger partial charge < -0.3 is 4.74 Å². The smallest absolute Gasteiger partial charge is 0.165 e. The molecule has 0 aliphatic heterocycles. The summed E-state index contributed by atoms with van der Waals surface area (Å²) in [5.74, 6) is -0.435. The molecule has 15 heavy (non-hydrogen) atoms. The van der Waals surface area contributed by atoms with Crippen molar-refractivity contribution in [3.8, 4) is 5.75 Å². The minimum absolute atomic E-state index is 0.0270. The van der Waals surface area contributed by atoms with Crippen LogP contribution in [0.1, 0.15) is 19.3 Å². The van der Waals surface area contributed by atoms with Gasteiger partial charge in [0, 0.05) is 11.9 Å². The third-order valence-electron chi connectivity index (χ3n) is 1.93. The molecule has 0 aromatic heterocycles. The van der Waals surface area contributed by atoms with Gasteiger partial charge in [-0.25, -0.2) is 8.78 Å². The SMILES string of the molecule is Fc1ccc(F)c(OCCCCCCl)c1. The largest absolute Gasteiger partial charge is 0.490 e. The summed E-state index contributed by atoms with van der Waals surface area (Å²) in [6, 6.07) is 3.18. The van der Waals surface area contributed by atoms with E-state index < -0.39 is 11.6 Å². The van der Waals surface area contributed by atoms with Crippen LogP contribution in [0.4, 0.5) is 8.78 Å². The molecule has 1 rings (SSSR count). The first-order valence-electron chi connectivity index (χ1n) is 4.88. The number of benzene rings is 1. The molecule has 0 spiro atoms. The summed E-state index contributed by atoms with van der Waals surface area (Å²) in [5.41, 5.74) is 0. The van der Waals surface area contributed by atoms with Gasteiger partial charge in [-0.2, -0.15) is 0 Å². The van der Waals surface area contributed by atoms with Gasteiger partial charge in [0.1, 0.15) is 5.82 Å². The van der Waals surface area contributed by atoms with Crippen molar-refractivity contribution in [2.24, 2.45) is 0 Å². The minimum Gasteiger partial charge on any atom is -0.490 e. The van der Waals surface area contributed by atoms with Crippen LogP contribution in [0.2, 0.25) is 0 Å². The molecule has 0 fully saturated rings. The molecule has 0 aliphatic rings. The van der Waals surface area contributed by atoms with E-state index in [0.29, 0.717) is 12.5 Å². The first-order valence-corrected chi connectivity index (χ1v) is 5.41. The van der Waals surface area contributed by atoms with Gasteiger partial charge in [0.25, 0.3) is 0 Å². The van der Waals surface area contributed by atoms with Gasteiger partial charge in [0.05, 0.1) is 6.61 Å². The molecule has 0 amide bonds. The average Bonchev–Trinajstić information content (AvgIpc) is 2.23. The van der Waals surface area contributed by atoms with Crippen LogP contribution in [0.3, 0.4) is 0 Å². The average molecular weight is 235 g/mol. The van der Waals surface area contributed by atoms with Gasteiger partial charge in [-0.05, 0) is 31.4 Å². The van der Waals surface area contributed by atoms with Crippen molar-refractivity contribution >= 4 is 11.6 Å². The fraction of sp³-hybridized carbons (Fsp3) is 0.455. The number of unbranched alkanes of at least 4 members (excludes halogenated alkanes) is 2. The predicted molar refractivity (Wildman–Crippen MR) is 56.4 cm³/mol. The molecular weight excluding hydrogens is 222 g/mol. The van der Waals surface area contributed by atoms with E-state index in [1.165, 1.54) is 0 Å². The zero-order valence-electron chi connectivity index (χ0n) is 8.31. The first kappa shape index (κ1) is 12.2. The second-order valence-electron chi connectivity index (χ2n) is 3.17. The second kappa shape index (κ2) is 6.62. The molecular formula is C11H13ClF2O. The fourth-order valence-electron chi connectivity index (χ4n) is 1.14. The first-order chi connectivity index (χ1) is 7.24. The van der Waals surface area contributed by atoms with Crippen molar-refractivity contribution in [2.45, 2.75) is 19.3 Å². The van der Waals surface area contributed by atoms with Gasteiger partial charge in [0.15, 0.2) is 11.6 Å². The maximum Gasteiger partial charge on any atom is 0.165 e. The van der Waals surface area contributed by atoms with Crippen LogP contribution in [-0.4, -0.2) is 12.5 Å². The summed E-state index contributed by atoms with van der Waals surface area (Å²) in [7, 11) is 0. The zero-order chi connectivity index (χ0) is 11.1. The second-order valence-corrected chi connectivity index (χ2v) is 3.55. The van der Waals surface area contributed by atoms with Crippen LogP contribution in [0, 0.1) is 11.6 Å². The predicted octanol–water partition coefficient (Wildman–Crippen LogP) is 3.75. The molecule has 1 aromatic rings. The molecule has 0 atom stereocenters. The molecule has 0 radical (unpaired) electrons. The van der Waals surface area contributed by atoms with Crippen molar-refractivity contribution in [1.29, 1.82) is 0 Å². The van der Waals surface area contributed by atoms with Crippen molar-refractivity contribution in [3.63, 3.8) is 0 Å². The van der Waals surface area contributed by atoms with Gasteiger partial charge in [-0.15, -0.1) is 11.6 Å². The normalized spacial score (nSPS) is 10.3. The zero-order valence-corrected chi connectivity index (χ0v) is 9.07. The lowest BCUT2D eigenvalue weighted by Crippen LogP contribution is -1.99. The Kier molecular flexibility index (Phi) is 5.40. The van der Waals surface area contributed by atoms with E-state index in [-0.39, 0.29) is 5.75 Å². The van der Waals surface area contributed by atoms with E-state index in [9.17, 15) is 8.78 Å². The van der Waals surface area contributed by atoms with Crippen LogP contribution in [0.25, 0.3) is 0 Å². The molecule has 84 valence electrons.